The summed E-state index contributed by atoms with van der Waals surface area (Å²) >= 11 is 0. The Balaban J connectivity index is 1.92. The molecule has 1 amide bonds. The third kappa shape index (κ3) is 3.40. The van der Waals surface area contributed by atoms with Crippen LogP contribution >= 0.6 is 0 Å². The van der Waals surface area contributed by atoms with Gasteiger partial charge in [-0.2, -0.15) is 0 Å². The van der Waals surface area contributed by atoms with E-state index in [1.807, 2.05) is 0 Å². The first-order valence-corrected chi connectivity index (χ1v) is 7.63. The minimum Gasteiger partial charge on any atom is -0.385 e. The van der Waals surface area contributed by atoms with E-state index in [1.165, 1.54) is 0 Å². The number of carbonyl (C=O) groups excluding carboxylic acids is 1. The van der Waals surface area contributed by atoms with Crippen molar-refractivity contribution in [3.05, 3.63) is 35.9 Å². The number of nitrogens with one attached hydrogen (secondary N) is 1. The number of pyridine rings is 1. The zero-order chi connectivity index (χ0) is 16.2. The van der Waals surface area contributed by atoms with E-state index >= 15 is 0 Å². The lowest BCUT2D eigenvalue weighted by Gasteiger charge is -2.23. The smallest absolute Gasteiger partial charge is 0.257 e. The third-order valence-electron chi connectivity index (χ3n) is 3.82. The molecule has 7 nitrogen and oxygen atoms in total. The summed E-state index contributed by atoms with van der Waals surface area (Å²) in [5.74, 6) is -0.138. The Labute approximate surface area is 133 Å². The number of nitrogens with zero attached hydrogens (tertiary/aromatic N) is 2. The molecule has 0 bridgehead atoms. The maximum absolute atomic E-state index is 12.7. The van der Waals surface area contributed by atoms with Crippen LogP contribution in [0, 0.1) is 0 Å². The Hall–Kier alpha value is -2.25. The van der Waals surface area contributed by atoms with Crippen molar-refractivity contribution < 1.29 is 19.2 Å². The van der Waals surface area contributed by atoms with Crippen molar-refractivity contribution in [2.75, 3.05) is 13.2 Å². The minimum absolute atomic E-state index is 0.0507. The lowest BCUT2D eigenvalue weighted by Crippen LogP contribution is -2.39. The molecule has 2 N–H and O–H groups in total. The van der Waals surface area contributed by atoms with Crippen LogP contribution in [0.5, 0.6) is 0 Å². The molecule has 1 atom stereocenters. The van der Waals surface area contributed by atoms with E-state index in [1.54, 1.807) is 31.5 Å². The van der Waals surface area contributed by atoms with Gasteiger partial charge in [0.25, 0.3) is 5.91 Å². The largest absolute Gasteiger partial charge is 0.385 e. The third-order valence-corrected chi connectivity index (χ3v) is 3.82. The number of carbonyl (C=O) groups is 1. The molecular formula is C16H19N3O4. The summed E-state index contributed by atoms with van der Waals surface area (Å²) in [7, 11) is 0. The molecule has 0 radical (unpaired) electrons. The van der Waals surface area contributed by atoms with Gasteiger partial charge in [0.05, 0.1) is 0 Å². The Morgan fingerprint density at radius 3 is 2.87 bits per heavy atom. The van der Waals surface area contributed by atoms with Gasteiger partial charge in [0.1, 0.15) is 17.4 Å². The van der Waals surface area contributed by atoms with Gasteiger partial charge in [-0.05, 0) is 31.9 Å². The average Bonchev–Trinajstić information content (AvgIpc) is 3.02. The summed E-state index contributed by atoms with van der Waals surface area (Å²) in [6, 6.07) is 3.60. The Bertz CT molecular complexity index is 663. The molecule has 7 heteroatoms. The molecule has 0 saturated carbocycles. The standard InChI is InChI=1S/C16H19N3O4/c1-10(20)15-13(16(21)18-12-4-7-22-8-5-12)14(19-23-15)11-3-2-6-17-9-11/h2-3,6,9-10,12,20H,4-5,7-8H2,1H3,(H,18,21). The summed E-state index contributed by atoms with van der Waals surface area (Å²) in [4.78, 5) is 16.7. The number of amides is 1. The Kier molecular flexibility index (Phi) is 4.68. The average molecular weight is 317 g/mol. The molecule has 1 aliphatic heterocycles. The van der Waals surface area contributed by atoms with Crippen LogP contribution < -0.4 is 5.32 Å². The van der Waals surface area contributed by atoms with Gasteiger partial charge < -0.3 is 19.7 Å². The second-order valence-electron chi connectivity index (χ2n) is 5.55. The van der Waals surface area contributed by atoms with Crippen molar-refractivity contribution in [3.8, 4) is 11.3 Å². The predicted octanol–water partition coefficient (Wildman–Crippen LogP) is 1.70. The lowest BCUT2D eigenvalue weighted by atomic mass is 10.0. The highest BCUT2D eigenvalue weighted by Gasteiger charge is 2.28. The monoisotopic (exact) mass is 317 g/mol. The van der Waals surface area contributed by atoms with Crippen molar-refractivity contribution >= 4 is 5.91 Å². The normalized spacial score (nSPS) is 17.0. The van der Waals surface area contributed by atoms with Crippen molar-refractivity contribution in [1.29, 1.82) is 0 Å². The number of ether oxygens (including phenoxy) is 1. The fraction of sp³-hybridized carbons (Fsp3) is 0.438. The molecule has 3 heterocycles. The Morgan fingerprint density at radius 2 is 2.22 bits per heavy atom. The fourth-order valence-corrected chi connectivity index (χ4v) is 2.61. The van der Waals surface area contributed by atoms with Gasteiger partial charge in [-0.15, -0.1) is 0 Å². The van der Waals surface area contributed by atoms with Crippen LogP contribution in [0.2, 0.25) is 0 Å². The molecule has 2 aromatic heterocycles. The van der Waals surface area contributed by atoms with Gasteiger partial charge in [0, 0.05) is 37.2 Å². The van der Waals surface area contributed by atoms with Crippen LogP contribution in [0.4, 0.5) is 0 Å². The van der Waals surface area contributed by atoms with Crippen molar-refractivity contribution in [2.45, 2.75) is 31.9 Å². The second-order valence-corrected chi connectivity index (χ2v) is 5.55. The first kappa shape index (κ1) is 15.6. The minimum atomic E-state index is -0.927. The van der Waals surface area contributed by atoms with E-state index in [0.717, 1.165) is 12.8 Å². The SMILES string of the molecule is CC(O)c1onc(-c2cccnc2)c1C(=O)NC1CCOCC1. The molecule has 23 heavy (non-hydrogen) atoms. The molecule has 1 saturated heterocycles. The molecule has 1 unspecified atom stereocenters. The fourth-order valence-electron chi connectivity index (χ4n) is 2.61. The Morgan fingerprint density at radius 1 is 1.43 bits per heavy atom. The quantitative estimate of drug-likeness (QED) is 0.891. The maximum atomic E-state index is 12.7. The van der Waals surface area contributed by atoms with Crippen LogP contribution in [0.25, 0.3) is 11.3 Å². The van der Waals surface area contributed by atoms with Gasteiger partial charge in [-0.3, -0.25) is 9.78 Å². The molecular weight excluding hydrogens is 298 g/mol. The molecule has 122 valence electrons. The summed E-state index contributed by atoms with van der Waals surface area (Å²) in [5, 5.41) is 16.8. The maximum Gasteiger partial charge on any atom is 0.257 e. The van der Waals surface area contributed by atoms with E-state index in [2.05, 4.69) is 15.5 Å². The van der Waals surface area contributed by atoms with Crippen molar-refractivity contribution in [1.82, 2.24) is 15.5 Å². The van der Waals surface area contributed by atoms with E-state index in [9.17, 15) is 9.90 Å². The zero-order valence-corrected chi connectivity index (χ0v) is 12.9. The molecule has 2 aromatic rings. The highest BCUT2D eigenvalue weighted by Crippen LogP contribution is 2.28. The number of hydrogen-bond acceptors (Lipinski definition) is 6. The molecule has 0 aromatic carbocycles. The van der Waals surface area contributed by atoms with Crippen LogP contribution in [0.3, 0.4) is 0 Å². The van der Waals surface area contributed by atoms with E-state index < -0.39 is 6.10 Å². The van der Waals surface area contributed by atoms with Gasteiger partial charge in [0.15, 0.2) is 5.76 Å². The summed E-state index contributed by atoms with van der Waals surface area (Å²) in [6.45, 7) is 2.80. The number of aliphatic hydroxyl groups excluding tert-OH is 1. The van der Waals surface area contributed by atoms with Gasteiger partial charge in [-0.1, -0.05) is 5.16 Å². The van der Waals surface area contributed by atoms with Crippen LogP contribution in [-0.4, -0.2) is 40.4 Å². The van der Waals surface area contributed by atoms with Crippen molar-refractivity contribution in [2.24, 2.45) is 0 Å². The van der Waals surface area contributed by atoms with E-state index in [-0.39, 0.29) is 23.3 Å². The number of hydrogen-bond donors (Lipinski definition) is 2. The zero-order valence-electron chi connectivity index (χ0n) is 12.9. The van der Waals surface area contributed by atoms with Gasteiger partial charge in [0.2, 0.25) is 0 Å². The highest BCUT2D eigenvalue weighted by atomic mass is 16.5. The van der Waals surface area contributed by atoms with Gasteiger partial charge in [-0.25, -0.2) is 0 Å². The first-order valence-electron chi connectivity index (χ1n) is 7.63. The van der Waals surface area contributed by atoms with Crippen LogP contribution in [-0.2, 0) is 4.74 Å². The summed E-state index contributed by atoms with van der Waals surface area (Å²) < 4.78 is 10.5. The van der Waals surface area contributed by atoms with Gasteiger partial charge >= 0.3 is 0 Å². The summed E-state index contributed by atoms with van der Waals surface area (Å²) in [5.41, 5.74) is 1.32. The molecule has 0 spiro atoms. The first-order chi connectivity index (χ1) is 11.2. The summed E-state index contributed by atoms with van der Waals surface area (Å²) in [6.07, 6.45) is 3.85. The highest BCUT2D eigenvalue weighted by molar-refractivity contribution is 6.01. The van der Waals surface area contributed by atoms with Crippen molar-refractivity contribution in [3.63, 3.8) is 0 Å². The second kappa shape index (κ2) is 6.89. The topological polar surface area (TPSA) is 97.5 Å². The lowest BCUT2D eigenvalue weighted by molar-refractivity contribution is 0.0692. The van der Waals surface area contributed by atoms with E-state index in [0.29, 0.717) is 24.5 Å². The predicted molar refractivity (Wildman–Crippen MR) is 81.7 cm³/mol. The number of aliphatic hydroxyl groups is 1. The number of rotatable bonds is 4. The molecule has 1 aliphatic rings. The van der Waals surface area contributed by atoms with Crippen LogP contribution in [0.1, 0.15) is 42.0 Å². The van der Waals surface area contributed by atoms with E-state index in [4.69, 9.17) is 9.26 Å². The molecule has 0 aliphatic carbocycles. The number of aromatic nitrogens is 2. The molecule has 3 rings (SSSR count). The van der Waals surface area contributed by atoms with Crippen LogP contribution in [0.15, 0.2) is 29.0 Å². The molecule has 1 fully saturated rings.